The molecule has 0 saturated heterocycles. The van der Waals surface area contributed by atoms with Crippen LogP contribution in [0.25, 0.3) is 0 Å². The average Bonchev–Trinajstić information content (AvgIpc) is 3.23. The van der Waals surface area contributed by atoms with E-state index < -0.39 is 6.10 Å². The SMILES string of the molecule is CC(Oc1ccc(C#N)cc1)C(=O)NC(Cc1ccccc1)c1cccs1. The molecule has 27 heavy (non-hydrogen) atoms. The first-order chi connectivity index (χ1) is 13.2. The van der Waals surface area contributed by atoms with Crippen molar-refractivity contribution in [3.8, 4) is 11.8 Å². The largest absolute Gasteiger partial charge is 0.481 e. The Kier molecular flexibility index (Phi) is 6.24. The first-order valence-corrected chi connectivity index (χ1v) is 9.58. The van der Waals surface area contributed by atoms with Crippen molar-refractivity contribution in [2.75, 3.05) is 0 Å². The van der Waals surface area contributed by atoms with Crippen molar-refractivity contribution in [2.24, 2.45) is 0 Å². The molecule has 2 unspecified atom stereocenters. The van der Waals surface area contributed by atoms with Crippen molar-refractivity contribution < 1.29 is 9.53 Å². The van der Waals surface area contributed by atoms with Gasteiger partial charge in [-0.15, -0.1) is 11.3 Å². The molecule has 1 amide bonds. The van der Waals surface area contributed by atoms with Crippen LogP contribution < -0.4 is 10.1 Å². The molecule has 0 spiro atoms. The average molecular weight is 376 g/mol. The summed E-state index contributed by atoms with van der Waals surface area (Å²) in [6.07, 6.45) is 0.0765. The Morgan fingerprint density at radius 3 is 2.48 bits per heavy atom. The predicted octanol–water partition coefficient (Wildman–Crippen LogP) is 4.49. The van der Waals surface area contributed by atoms with Crippen molar-refractivity contribution in [3.05, 3.63) is 88.1 Å². The van der Waals surface area contributed by atoms with Gasteiger partial charge in [-0.05, 0) is 54.6 Å². The van der Waals surface area contributed by atoms with Gasteiger partial charge in [-0.2, -0.15) is 5.26 Å². The number of nitrogens with one attached hydrogen (secondary N) is 1. The molecule has 0 radical (unpaired) electrons. The van der Waals surface area contributed by atoms with Crippen LogP contribution in [-0.2, 0) is 11.2 Å². The van der Waals surface area contributed by atoms with Crippen LogP contribution in [0.2, 0.25) is 0 Å². The first kappa shape index (κ1) is 18.7. The number of carbonyl (C=O) groups is 1. The normalized spacial score (nSPS) is 12.6. The highest BCUT2D eigenvalue weighted by Crippen LogP contribution is 2.23. The molecule has 2 aromatic carbocycles. The fraction of sp³-hybridized carbons (Fsp3) is 0.182. The molecule has 2 atom stereocenters. The standard InChI is InChI=1S/C22H20N2O2S/c1-16(26-19-11-9-18(15-23)10-12-19)22(25)24-20(21-8-5-13-27-21)14-17-6-3-2-4-7-17/h2-13,16,20H,14H2,1H3,(H,24,25). The quantitative estimate of drug-likeness (QED) is 0.661. The summed E-state index contributed by atoms with van der Waals surface area (Å²) in [5.41, 5.74) is 1.72. The summed E-state index contributed by atoms with van der Waals surface area (Å²) in [6, 6.07) is 22.8. The third kappa shape index (κ3) is 5.19. The Labute approximate surface area is 163 Å². The van der Waals surface area contributed by atoms with E-state index in [2.05, 4.69) is 23.5 Å². The molecule has 1 aromatic heterocycles. The van der Waals surface area contributed by atoms with E-state index in [0.717, 1.165) is 16.9 Å². The molecular weight excluding hydrogens is 356 g/mol. The summed E-state index contributed by atoms with van der Waals surface area (Å²) in [5.74, 6) is 0.390. The predicted molar refractivity (Wildman–Crippen MR) is 107 cm³/mol. The summed E-state index contributed by atoms with van der Waals surface area (Å²) in [5, 5.41) is 14.0. The van der Waals surface area contributed by atoms with Crippen LogP contribution in [0.4, 0.5) is 0 Å². The molecule has 5 heteroatoms. The number of nitrogens with zero attached hydrogens (tertiary/aromatic N) is 1. The molecular formula is C22H20N2O2S. The highest BCUT2D eigenvalue weighted by Gasteiger charge is 2.21. The highest BCUT2D eigenvalue weighted by atomic mass is 32.1. The summed E-state index contributed by atoms with van der Waals surface area (Å²) in [7, 11) is 0. The lowest BCUT2D eigenvalue weighted by atomic mass is 10.0. The van der Waals surface area contributed by atoms with E-state index in [1.807, 2.05) is 35.7 Å². The topological polar surface area (TPSA) is 62.1 Å². The molecule has 136 valence electrons. The van der Waals surface area contributed by atoms with Gasteiger partial charge in [-0.25, -0.2) is 0 Å². The Morgan fingerprint density at radius 2 is 1.85 bits per heavy atom. The van der Waals surface area contributed by atoms with Crippen LogP contribution in [0.1, 0.15) is 29.0 Å². The highest BCUT2D eigenvalue weighted by molar-refractivity contribution is 7.10. The number of rotatable bonds is 7. The van der Waals surface area contributed by atoms with Gasteiger partial charge in [-0.3, -0.25) is 4.79 Å². The van der Waals surface area contributed by atoms with Gasteiger partial charge < -0.3 is 10.1 Å². The molecule has 3 rings (SSSR count). The zero-order chi connectivity index (χ0) is 19.1. The van der Waals surface area contributed by atoms with Crippen LogP contribution in [0.15, 0.2) is 72.1 Å². The molecule has 0 saturated carbocycles. The second-order valence-electron chi connectivity index (χ2n) is 6.16. The molecule has 0 aliphatic carbocycles. The Morgan fingerprint density at radius 1 is 1.11 bits per heavy atom. The Bertz CT molecular complexity index is 900. The van der Waals surface area contributed by atoms with Gasteiger partial charge in [0, 0.05) is 4.88 Å². The minimum atomic E-state index is -0.642. The lowest BCUT2D eigenvalue weighted by Crippen LogP contribution is -2.39. The van der Waals surface area contributed by atoms with Gasteiger partial charge in [0.2, 0.25) is 0 Å². The lowest BCUT2D eigenvalue weighted by molar-refractivity contribution is -0.128. The van der Waals surface area contributed by atoms with E-state index in [1.165, 1.54) is 0 Å². The molecule has 0 bridgehead atoms. The van der Waals surface area contributed by atoms with E-state index in [1.54, 1.807) is 42.5 Å². The molecule has 4 nitrogen and oxygen atoms in total. The van der Waals surface area contributed by atoms with Crippen molar-refractivity contribution in [3.63, 3.8) is 0 Å². The van der Waals surface area contributed by atoms with Gasteiger partial charge in [-0.1, -0.05) is 36.4 Å². The minimum absolute atomic E-state index is 0.105. The monoisotopic (exact) mass is 376 g/mol. The van der Waals surface area contributed by atoms with Crippen molar-refractivity contribution in [2.45, 2.75) is 25.5 Å². The smallest absolute Gasteiger partial charge is 0.261 e. The summed E-state index contributed by atoms with van der Waals surface area (Å²) in [4.78, 5) is 13.8. The number of nitriles is 1. The van der Waals surface area contributed by atoms with Gasteiger partial charge in [0.1, 0.15) is 5.75 Å². The van der Waals surface area contributed by atoms with Gasteiger partial charge in [0.25, 0.3) is 5.91 Å². The van der Waals surface area contributed by atoms with Crippen molar-refractivity contribution >= 4 is 17.2 Å². The maximum atomic E-state index is 12.7. The fourth-order valence-corrected chi connectivity index (χ4v) is 3.49. The molecule has 0 aliphatic rings. The van der Waals surface area contributed by atoms with Crippen LogP contribution in [0.5, 0.6) is 5.75 Å². The molecule has 0 aliphatic heterocycles. The zero-order valence-electron chi connectivity index (χ0n) is 15.0. The van der Waals surface area contributed by atoms with Crippen LogP contribution in [0, 0.1) is 11.3 Å². The van der Waals surface area contributed by atoms with Crippen molar-refractivity contribution in [1.82, 2.24) is 5.32 Å². The van der Waals surface area contributed by atoms with Crippen LogP contribution in [-0.4, -0.2) is 12.0 Å². The number of ether oxygens (including phenoxy) is 1. The molecule has 0 fully saturated rings. The van der Waals surface area contributed by atoms with Crippen molar-refractivity contribution in [1.29, 1.82) is 5.26 Å². The van der Waals surface area contributed by atoms with Gasteiger partial charge in [0.05, 0.1) is 17.7 Å². The minimum Gasteiger partial charge on any atom is -0.481 e. The molecule has 1 heterocycles. The van der Waals surface area contributed by atoms with Crippen LogP contribution in [0.3, 0.4) is 0 Å². The lowest BCUT2D eigenvalue weighted by Gasteiger charge is -2.21. The number of benzene rings is 2. The third-order valence-corrected chi connectivity index (χ3v) is 5.14. The van der Waals surface area contributed by atoms with E-state index in [0.29, 0.717) is 11.3 Å². The zero-order valence-corrected chi connectivity index (χ0v) is 15.8. The Balaban J connectivity index is 1.67. The first-order valence-electron chi connectivity index (χ1n) is 8.70. The number of hydrogen-bond acceptors (Lipinski definition) is 4. The number of carbonyl (C=O) groups excluding carboxylic acids is 1. The third-order valence-electron chi connectivity index (χ3n) is 4.15. The van der Waals surface area contributed by atoms with Gasteiger partial charge >= 0.3 is 0 Å². The number of hydrogen-bond donors (Lipinski definition) is 1. The fourth-order valence-electron chi connectivity index (χ4n) is 2.72. The van der Waals surface area contributed by atoms with Crippen LogP contribution >= 0.6 is 11.3 Å². The van der Waals surface area contributed by atoms with E-state index in [-0.39, 0.29) is 11.9 Å². The van der Waals surface area contributed by atoms with Gasteiger partial charge in [0.15, 0.2) is 6.10 Å². The molecule has 1 N–H and O–H groups in total. The second kappa shape index (κ2) is 9.02. The van der Waals surface area contributed by atoms with E-state index in [4.69, 9.17) is 10.00 Å². The molecule has 3 aromatic rings. The Hall–Kier alpha value is -3.10. The maximum absolute atomic E-state index is 12.7. The summed E-state index contributed by atoms with van der Waals surface area (Å²) < 4.78 is 5.73. The van der Waals surface area contributed by atoms with E-state index in [9.17, 15) is 4.79 Å². The summed E-state index contributed by atoms with van der Waals surface area (Å²) >= 11 is 1.63. The summed E-state index contributed by atoms with van der Waals surface area (Å²) in [6.45, 7) is 1.72. The van der Waals surface area contributed by atoms with E-state index >= 15 is 0 Å². The number of amides is 1. The maximum Gasteiger partial charge on any atom is 0.261 e. The number of thiophene rings is 1. The second-order valence-corrected chi connectivity index (χ2v) is 7.14.